The first kappa shape index (κ1) is 6.78. The molecule has 0 atom stereocenters. The largest absolute Gasteiger partial charge is 0.369 e. The number of hydrogen-bond acceptors (Lipinski definition) is 4. The van der Waals surface area contributed by atoms with Crippen LogP contribution in [0.15, 0.2) is 23.1 Å². The molecule has 0 amide bonds. The predicted octanol–water partition coefficient (Wildman–Crippen LogP) is -0.148. The molecular weight excluding hydrogens is 156 g/mol. The van der Waals surface area contributed by atoms with Crippen molar-refractivity contribution >= 4 is 5.95 Å². The number of fused-ring (bicyclic) bond motifs is 1. The zero-order chi connectivity index (χ0) is 8.55. The lowest BCUT2D eigenvalue weighted by molar-refractivity contribution is 1.09. The third-order valence-electron chi connectivity index (χ3n) is 1.49. The molecule has 0 aromatic heterocycles. The van der Waals surface area contributed by atoms with Gasteiger partial charge >= 0.3 is 0 Å². The van der Waals surface area contributed by atoms with Crippen molar-refractivity contribution in [1.82, 2.24) is 15.0 Å². The molecule has 3 N–H and O–H groups in total. The summed E-state index contributed by atoms with van der Waals surface area (Å²) in [6, 6.07) is 3.03. The minimum Gasteiger partial charge on any atom is -0.369 e. The number of anilines is 1. The molecular formula is C7H6N4O. The molecule has 60 valence electrons. The molecule has 0 radical (unpaired) electrons. The lowest BCUT2D eigenvalue weighted by Gasteiger charge is -2.01. The van der Waals surface area contributed by atoms with Crippen LogP contribution in [0.5, 0.6) is 0 Å². The highest BCUT2D eigenvalue weighted by Crippen LogP contribution is 2.12. The normalized spacial score (nSPS) is 10.3. The summed E-state index contributed by atoms with van der Waals surface area (Å²) in [4.78, 5) is 21.0. The molecule has 0 fully saturated rings. The van der Waals surface area contributed by atoms with Crippen molar-refractivity contribution in [3.8, 4) is 11.4 Å². The molecule has 0 saturated carbocycles. The van der Waals surface area contributed by atoms with Gasteiger partial charge in [0.25, 0.3) is 5.56 Å². The van der Waals surface area contributed by atoms with Crippen LogP contribution in [-0.2, 0) is 0 Å². The standard InChI is InChI=1S/C7H6N4O/c8-7-9-3-4-1-2-5(12)10-6(4)11-7/h1-3H,(H3,8,9,10,11,12). The highest BCUT2D eigenvalue weighted by Gasteiger charge is 2.03. The highest BCUT2D eigenvalue weighted by molar-refractivity contribution is 5.55. The molecule has 0 aromatic rings. The van der Waals surface area contributed by atoms with Gasteiger partial charge in [0.15, 0.2) is 5.95 Å². The lowest BCUT2D eigenvalue weighted by Crippen LogP contribution is -2.08. The van der Waals surface area contributed by atoms with Crippen LogP contribution in [0.2, 0.25) is 0 Å². The molecule has 2 heterocycles. The molecule has 0 aliphatic carbocycles. The quantitative estimate of drug-likeness (QED) is 0.564. The monoisotopic (exact) mass is 162 g/mol. The molecule has 2 aliphatic rings. The van der Waals surface area contributed by atoms with Gasteiger partial charge in [-0.3, -0.25) is 4.79 Å². The molecule has 0 bridgehead atoms. The van der Waals surface area contributed by atoms with Gasteiger partial charge in [-0.15, -0.1) is 0 Å². The van der Waals surface area contributed by atoms with Gasteiger partial charge in [0.05, 0.1) is 0 Å². The Kier molecular flexibility index (Phi) is 1.30. The first-order chi connectivity index (χ1) is 5.75. The van der Waals surface area contributed by atoms with Crippen molar-refractivity contribution in [2.75, 3.05) is 5.73 Å². The maximum Gasteiger partial charge on any atom is 0.271 e. The van der Waals surface area contributed by atoms with Gasteiger partial charge in [-0.25, -0.2) is 4.98 Å². The van der Waals surface area contributed by atoms with E-state index in [0.717, 1.165) is 5.56 Å². The lowest BCUT2D eigenvalue weighted by atomic mass is 10.2. The summed E-state index contributed by atoms with van der Waals surface area (Å²) in [5.74, 6) is 0.718. The van der Waals surface area contributed by atoms with Gasteiger partial charge in [-0.1, -0.05) is 0 Å². The number of aromatic nitrogens is 3. The van der Waals surface area contributed by atoms with Crippen molar-refractivity contribution in [2.24, 2.45) is 0 Å². The third kappa shape index (κ3) is 1.01. The topological polar surface area (TPSA) is 84.7 Å². The first-order valence-corrected chi connectivity index (χ1v) is 3.37. The van der Waals surface area contributed by atoms with E-state index in [1.807, 2.05) is 0 Å². The zero-order valence-corrected chi connectivity index (χ0v) is 6.11. The van der Waals surface area contributed by atoms with Gasteiger partial charge in [-0.05, 0) is 6.07 Å². The van der Waals surface area contributed by atoms with E-state index in [2.05, 4.69) is 15.0 Å². The summed E-state index contributed by atoms with van der Waals surface area (Å²) in [5, 5.41) is 0. The van der Waals surface area contributed by atoms with E-state index in [1.165, 1.54) is 6.07 Å². The summed E-state index contributed by atoms with van der Waals surface area (Å²) < 4.78 is 0. The molecule has 0 spiro atoms. The summed E-state index contributed by atoms with van der Waals surface area (Å²) in [6.45, 7) is 0. The van der Waals surface area contributed by atoms with E-state index in [0.29, 0.717) is 5.82 Å². The molecule has 0 unspecified atom stereocenters. The van der Waals surface area contributed by atoms with Crippen molar-refractivity contribution in [3.63, 3.8) is 0 Å². The maximum absolute atomic E-state index is 10.8. The van der Waals surface area contributed by atoms with Crippen LogP contribution in [0.25, 0.3) is 11.4 Å². The fourth-order valence-electron chi connectivity index (χ4n) is 0.949. The second-order valence-electron chi connectivity index (χ2n) is 2.36. The van der Waals surface area contributed by atoms with E-state index in [9.17, 15) is 4.79 Å². The van der Waals surface area contributed by atoms with E-state index >= 15 is 0 Å². The molecule has 2 aliphatic heterocycles. The van der Waals surface area contributed by atoms with Gasteiger partial charge in [-0.2, -0.15) is 4.98 Å². The Morgan fingerprint density at radius 2 is 2.25 bits per heavy atom. The molecule has 2 rings (SSSR count). The molecule has 0 aromatic carbocycles. The Balaban J connectivity index is 2.81. The fraction of sp³-hybridized carbons (Fsp3) is 0. The Bertz CT molecular complexity index is 436. The van der Waals surface area contributed by atoms with Crippen molar-refractivity contribution in [3.05, 3.63) is 28.7 Å². The number of aromatic amines is 1. The van der Waals surface area contributed by atoms with Gasteiger partial charge in [0.2, 0.25) is 0 Å². The number of H-pyrrole nitrogens is 1. The van der Waals surface area contributed by atoms with Crippen LogP contribution < -0.4 is 11.3 Å². The second-order valence-corrected chi connectivity index (χ2v) is 2.36. The van der Waals surface area contributed by atoms with Gasteiger partial charge in [0.1, 0.15) is 5.82 Å². The van der Waals surface area contributed by atoms with Gasteiger partial charge in [0, 0.05) is 17.8 Å². The fourth-order valence-corrected chi connectivity index (χ4v) is 0.949. The Labute approximate surface area is 67.6 Å². The van der Waals surface area contributed by atoms with E-state index in [1.54, 1.807) is 12.3 Å². The minimum atomic E-state index is -0.288. The number of pyridine rings is 1. The average Bonchev–Trinajstić information content (AvgIpc) is 2.03. The third-order valence-corrected chi connectivity index (χ3v) is 1.49. The maximum atomic E-state index is 10.8. The average molecular weight is 162 g/mol. The number of nitrogen functional groups attached to an aromatic ring is 1. The zero-order valence-electron chi connectivity index (χ0n) is 6.11. The van der Waals surface area contributed by atoms with E-state index < -0.39 is 0 Å². The van der Waals surface area contributed by atoms with Crippen LogP contribution in [0.1, 0.15) is 0 Å². The van der Waals surface area contributed by atoms with Crippen molar-refractivity contribution < 1.29 is 0 Å². The number of rotatable bonds is 0. The van der Waals surface area contributed by atoms with Gasteiger partial charge < -0.3 is 10.7 Å². The molecule has 12 heavy (non-hydrogen) atoms. The Hall–Kier alpha value is -1.91. The summed E-state index contributed by atoms with van der Waals surface area (Å²) in [7, 11) is 0. The SMILES string of the molecule is Nc1ncc2ccc(=O)nc-2[nH]1. The summed E-state index contributed by atoms with van der Waals surface area (Å²) in [5.41, 5.74) is 5.85. The van der Waals surface area contributed by atoms with Crippen molar-refractivity contribution in [1.29, 1.82) is 0 Å². The molecule has 5 nitrogen and oxygen atoms in total. The van der Waals surface area contributed by atoms with Crippen LogP contribution in [0.4, 0.5) is 5.95 Å². The number of nitrogens with one attached hydrogen (secondary N) is 1. The first-order valence-electron chi connectivity index (χ1n) is 3.37. The number of nitrogens with zero attached hydrogens (tertiary/aromatic N) is 2. The summed E-state index contributed by atoms with van der Waals surface area (Å²) in [6.07, 6.45) is 1.56. The van der Waals surface area contributed by atoms with Crippen LogP contribution in [0, 0.1) is 0 Å². The van der Waals surface area contributed by atoms with Crippen LogP contribution in [0.3, 0.4) is 0 Å². The Morgan fingerprint density at radius 1 is 1.42 bits per heavy atom. The second kappa shape index (κ2) is 2.30. The van der Waals surface area contributed by atoms with Crippen LogP contribution >= 0.6 is 0 Å². The predicted molar refractivity (Wildman–Crippen MR) is 43.7 cm³/mol. The number of hydrogen-bond donors (Lipinski definition) is 2. The van der Waals surface area contributed by atoms with Crippen molar-refractivity contribution in [2.45, 2.75) is 0 Å². The number of nitrogens with two attached hydrogens (primary N) is 1. The summed E-state index contributed by atoms with van der Waals surface area (Å²) >= 11 is 0. The van der Waals surface area contributed by atoms with E-state index in [4.69, 9.17) is 5.73 Å². The molecule has 5 heteroatoms. The minimum absolute atomic E-state index is 0.251. The highest BCUT2D eigenvalue weighted by atomic mass is 16.1. The smallest absolute Gasteiger partial charge is 0.271 e. The Morgan fingerprint density at radius 3 is 3.08 bits per heavy atom. The van der Waals surface area contributed by atoms with Crippen LogP contribution in [-0.4, -0.2) is 15.0 Å². The van der Waals surface area contributed by atoms with E-state index in [-0.39, 0.29) is 11.5 Å². The molecule has 0 saturated heterocycles.